The zero-order chi connectivity index (χ0) is 13.0. The number of carbonyl (C=O) groups excluding carboxylic acids is 1. The van der Waals surface area contributed by atoms with Crippen LogP contribution in [-0.4, -0.2) is 43.5 Å². The number of nitrogens with one attached hydrogen (secondary N) is 1. The first kappa shape index (κ1) is 13.1. The smallest absolute Gasteiger partial charge is 0.248 e. The highest BCUT2D eigenvalue weighted by Crippen LogP contribution is 2.20. The summed E-state index contributed by atoms with van der Waals surface area (Å²) in [5.41, 5.74) is 3.28. The third-order valence-corrected chi connectivity index (χ3v) is 3.31. The van der Waals surface area contributed by atoms with E-state index in [1.165, 1.54) is 0 Å². The van der Waals surface area contributed by atoms with Crippen LogP contribution in [0.5, 0.6) is 0 Å². The second-order valence-corrected chi connectivity index (χ2v) is 4.75. The summed E-state index contributed by atoms with van der Waals surface area (Å²) in [4.78, 5) is 15.5. The van der Waals surface area contributed by atoms with Gasteiger partial charge in [-0.1, -0.05) is 17.7 Å². The Morgan fingerprint density at radius 3 is 2.67 bits per heavy atom. The van der Waals surface area contributed by atoms with E-state index < -0.39 is 0 Å². The summed E-state index contributed by atoms with van der Waals surface area (Å²) in [7, 11) is 0. The number of carbonyl (C=O) groups is 1. The molecule has 0 radical (unpaired) electrons. The molecule has 18 heavy (non-hydrogen) atoms. The fraction of sp³-hybridized carbons (Fsp3) is 0.417. The summed E-state index contributed by atoms with van der Waals surface area (Å²) in [5, 5.41) is 0.748. The van der Waals surface area contributed by atoms with Gasteiger partial charge in [0.1, 0.15) is 0 Å². The molecule has 0 atom stereocenters. The number of amides is 1. The molecule has 0 saturated carbocycles. The van der Waals surface area contributed by atoms with Crippen molar-refractivity contribution in [2.24, 2.45) is 5.84 Å². The van der Waals surface area contributed by atoms with Gasteiger partial charge >= 0.3 is 0 Å². The van der Waals surface area contributed by atoms with Crippen molar-refractivity contribution < 1.29 is 4.79 Å². The van der Waals surface area contributed by atoms with Crippen molar-refractivity contribution in [1.29, 1.82) is 0 Å². The molecule has 6 heteroatoms. The molecule has 0 aliphatic carbocycles. The zero-order valence-electron chi connectivity index (χ0n) is 10.1. The van der Waals surface area contributed by atoms with E-state index in [4.69, 9.17) is 17.4 Å². The Morgan fingerprint density at radius 1 is 1.33 bits per heavy atom. The molecular formula is C12H17ClN4O. The molecule has 5 nitrogen and oxygen atoms in total. The zero-order valence-corrected chi connectivity index (χ0v) is 10.9. The van der Waals surface area contributed by atoms with E-state index in [1.807, 2.05) is 24.3 Å². The third-order valence-electron chi connectivity index (χ3n) is 3.07. The van der Waals surface area contributed by atoms with E-state index >= 15 is 0 Å². The normalized spacial score (nSPS) is 16.7. The molecule has 98 valence electrons. The van der Waals surface area contributed by atoms with E-state index in [2.05, 4.69) is 15.2 Å². The van der Waals surface area contributed by atoms with Crippen LogP contribution in [0, 0.1) is 0 Å². The molecule has 1 amide bonds. The number of anilines is 1. The molecule has 0 unspecified atom stereocenters. The Hall–Kier alpha value is -1.30. The Labute approximate surface area is 111 Å². The van der Waals surface area contributed by atoms with Crippen LogP contribution in [0.15, 0.2) is 24.3 Å². The van der Waals surface area contributed by atoms with Crippen LogP contribution in [0.1, 0.15) is 0 Å². The van der Waals surface area contributed by atoms with Crippen molar-refractivity contribution in [3.63, 3.8) is 0 Å². The number of hydrogen-bond acceptors (Lipinski definition) is 4. The molecule has 1 heterocycles. The number of nitrogens with two attached hydrogens (primary N) is 1. The second-order valence-electron chi connectivity index (χ2n) is 4.31. The van der Waals surface area contributed by atoms with Gasteiger partial charge in [0, 0.05) is 36.9 Å². The second kappa shape index (κ2) is 6.04. The maximum absolute atomic E-state index is 11.2. The quantitative estimate of drug-likeness (QED) is 0.475. The molecule has 0 aromatic heterocycles. The summed E-state index contributed by atoms with van der Waals surface area (Å²) in [6.45, 7) is 3.83. The molecule has 0 spiro atoms. The van der Waals surface area contributed by atoms with Crippen LogP contribution in [-0.2, 0) is 4.79 Å². The van der Waals surface area contributed by atoms with Crippen molar-refractivity contribution in [2.75, 3.05) is 37.6 Å². The van der Waals surface area contributed by atoms with Crippen LogP contribution in [0.2, 0.25) is 5.02 Å². The lowest BCUT2D eigenvalue weighted by Gasteiger charge is -2.35. The van der Waals surface area contributed by atoms with Gasteiger partial charge in [0.05, 0.1) is 6.54 Å². The number of piperazine rings is 1. The maximum Gasteiger partial charge on any atom is 0.248 e. The van der Waals surface area contributed by atoms with E-state index in [0.29, 0.717) is 6.54 Å². The van der Waals surface area contributed by atoms with Crippen molar-refractivity contribution in [1.82, 2.24) is 10.3 Å². The molecule has 1 saturated heterocycles. The Balaban J connectivity index is 1.88. The van der Waals surface area contributed by atoms with E-state index in [9.17, 15) is 4.79 Å². The fourth-order valence-corrected chi connectivity index (χ4v) is 2.27. The molecule has 1 aliphatic heterocycles. The average Bonchev–Trinajstić information content (AvgIpc) is 2.39. The van der Waals surface area contributed by atoms with Crippen LogP contribution in [0.25, 0.3) is 0 Å². The average molecular weight is 269 g/mol. The van der Waals surface area contributed by atoms with E-state index in [1.54, 1.807) is 0 Å². The topological polar surface area (TPSA) is 61.6 Å². The lowest BCUT2D eigenvalue weighted by Crippen LogP contribution is -2.50. The van der Waals surface area contributed by atoms with Crippen LogP contribution >= 0.6 is 11.6 Å². The molecule has 1 aromatic rings. The minimum atomic E-state index is -0.147. The van der Waals surface area contributed by atoms with Gasteiger partial charge in [-0.3, -0.25) is 15.1 Å². The highest BCUT2D eigenvalue weighted by atomic mass is 35.5. The highest BCUT2D eigenvalue weighted by Gasteiger charge is 2.18. The predicted molar refractivity (Wildman–Crippen MR) is 72.4 cm³/mol. The lowest BCUT2D eigenvalue weighted by atomic mass is 10.2. The number of hydrogen-bond donors (Lipinski definition) is 2. The Morgan fingerprint density at radius 2 is 2.06 bits per heavy atom. The summed E-state index contributed by atoms with van der Waals surface area (Å²) < 4.78 is 0. The molecule has 1 fully saturated rings. The van der Waals surface area contributed by atoms with Gasteiger partial charge in [0.2, 0.25) is 5.91 Å². The first-order chi connectivity index (χ1) is 8.69. The van der Waals surface area contributed by atoms with Crippen LogP contribution in [0.4, 0.5) is 5.69 Å². The van der Waals surface area contributed by atoms with Gasteiger partial charge < -0.3 is 4.90 Å². The molecule has 2 rings (SSSR count). The van der Waals surface area contributed by atoms with Crippen molar-refractivity contribution in [3.8, 4) is 0 Å². The monoisotopic (exact) mass is 268 g/mol. The Bertz CT molecular complexity index is 418. The third kappa shape index (κ3) is 3.35. The van der Waals surface area contributed by atoms with Gasteiger partial charge in [-0.25, -0.2) is 5.84 Å². The molecule has 1 aliphatic rings. The predicted octanol–water partition coefficient (Wildman–Crippen LogP) is 0.452. The number of benzene rings is 1. The van der Waals surface area contributed by atoms with Gasteiger partial charge in [-0.15, -0.1) is 0 Å². The maximum atomic E-state index is 11.2. The lowest BCUT2D eigenvalue weighted by molar-refractivity contribution is -0.122. The fourth-order valence-electron chi connectivity index (χ4n) is 2.09. The minimum Gasteiger partial charge on any atom is -0.369 e. The molecule has 3 N–H and O–H groups in total. The standard InChI is InChI=1S/C12H17ClN4O/c13-10-2-1-3-11(8-10)17-6-4-16(5-7-17)9-12(18)15-14/h1-3,8H,4-7,9,14H2,(H,15,18). The van der Waals surface area contributed by atoms with Gasteiger partial charge in [0.15, 0.2) is 0 Å². The van der Waals surface area contributed by atoms with Gasteiger partial charge in [-0.2, -0.15) is 0 Å². The molecular weight excluding hydrogens is 252 g/mol. The van der Waals surface area contributed by atoms with Crippen LogP contribution < -0.4 is 16.2 Å². The largest absolute Gasteiger partial charge is 0.369 e. The summed E-state index contributed by atoms with van der Waals surface area (Å²) in [6.07, 6.45) is 0. The number of hydrazine groups is 1. The minimum absolute atomic E-state index is 0.147. The van der Waals surface area contributed by atoms with E-state index in [-0.39, 0.29) is 5.91 Å². The highest BCUT2D eigenvalue weighted by molar-refractivity contribution is 6.30. The van der Waals surface area contributed by atoms with Gasteiger partial charge in [0.25, 0.3) is 0 Å². The van der Waals surface area contributed by atoms with Gasteiger partial charge in [-0.05, 0) is 18.2 Å². The summed E-state index contributed by atoms with van der Waals surface area (Å²) in [6, 6.07) is 7.83. The first-order valence-electron chi connectivity index (χ1n) is 5.91. The van der Waals surface area contributed by atoms with E-state index in [0.717, 1.165) is 36.9 Å². The Kier molecular flexibility index (Phi) is 4.41. The SMILES string of the molecule is NNC(=O)CN1CCN(c2cccc(Cl)c2)CC1. The first-order valence-corrected chi connectivity index (χ1v) is 6.29. The molecule has 1 aromatic carbocycles. The number of rotatable bonds is 3. The summed E-state index contributed by atoms with van der Waals surface area (Å²) >= 11 is 5.98. The molecule has 0 bridgehead atoms. The number of halogens is 1. The van der Waals surface area contributed by atoms with Crippen molar-refractivity contribution in [2.45, 2.75) is 0 Å². The summed E-state index contributed by atoms with van der Waals surface area (Å²) in [5.74, 6) is 4.93. The number of nitrogens with zero attached hydrogens (tertiary/aromatic N) is 2. The van der Waals surface area contributed by atoms with Crippen molar-refractivity contribution in [3.05, 3.63) is 29.3 Å². The van der Waals surface area contributed by atoms with Crippen molar-refractivity contribution >= 4 is 23.2 Å². The van der Waals surface area contributed by atoms with Crippen LogP contribution in [0.3, 0.4) is 0 Å².